The fourth-order valence-corrected chi connectivity index (χ4v) is 4.42. The van der Waals surface area contributed by atoms with E-state index in [1.807, 2.05) is 6.92 Å². The highest BCUT2D eigenvalue weighted by molar-refractivity contribution is 7.15. The number of fused-ring (bicyclic) bond motifs is 2. The lowest BCUT2D eigenvalue weighted by Gasteiger charge is -2.22. The van der Waals surface area contributed by atoms with Gasteiger partial charge >= 0.3 is 0 Å². The average molecular weight is 425 g/mol. The standard InChI is InChI=1S/C21H13F2N3O3S/c1-2-15-24-25-21(30-15)26-17(10-4-3-5-11(22)8-10)16-18(27)13-9-12(23)6-7-14(13)29-19(16)20(26)28/h3-9,17H,2H2,1H3. The Labute approximate surface area is 172 Å². The molecule has 1 atom stereocenters. The highest BCUT2D eigenvalue weighted by Gasteiger charge is 2.45. The van der Waals surface area contributed by atoms with Crippen LogP contribution in [-0.4, -0.2) is 16.1 Å². The minimum Gasteiger partial charge on any atom is -0.450 e. The van der Waals surface area contributed by atoms with Crippen LogP contribution in [0.1, 0.15) is 39.7 Å². The lowest BCUT2D eigenvalue weighted by Crippen LogP contribution is -2.29. The number of nitrogens with zero attached hydrogens (tertiary/aromatic N) is 3. The van der Waals surface area contributed by atoms with E-state index in [0.717, 1.165) is 12.1 Å². The summed E-state index contributed by atoms with van der Waals surface area (Å²) in [6.45, 7) is 1.90. The van der Waals surface area contributed by atoms with Crippen LogP contribution in [-0.2, 0) is 6.42 Å². The van der Waals surface area contributed by atoms with E-state index in [2.05, 4.69) is 10.2 Å². The van der Waals surface area contributed by atoms with Crippen LogP contribution in [0, 0.1) is 11.6 Å². The molecule has 1 unspecified atom stereocenters. The van der Waals surface area contributed by atoms with E-state index in [0.29, 0.717) is 17.0 Å². The fourth-order valence-electron chi connectivity index (χ4n) is 3.62. The Balaban J connectivity index is 1.82. The van der Waals surface area contributed by atoms with Crippen molar-refractivity contribution >= 4 is 33.3 Å². The van der Waals surface area contributed by atoms with E-state index in [4.69, 9.17) is 4.42 Å². The maximum atomic E-state index is 14.0. The molecular formula is C21H13F2N3O3S. The Morgan fingerprint density at radius 1 is 1.10 bits per heavy atom. The summed E-state index contributed by atoms with van der Waals surface area (Å²) in [6.07, 6.45) is 0.623. The SMILES string of the molecule is CCc1nnc(N2C(=O)c3oc4ccc(F)cc4c(=O)c3C2c2cccc(F)c2)s1. The Kier molecular flexibility index (Phi) is 4.21. The normalized spacial score (nSPS) is 15.8. The van der Waals surface area contributed by atoms with E-state index in [-0.39, 0.29) is 27.4 Å². The summed E-state index contributed by atoms with van der Waals surface area (Å²) >= 11 is 1.21. The van der Waals surface area contributed by atoms with E-state index >= 15 is 0 Å². The molecule has 0 spiro atoms. The topological polar surface area (TPSA) is 76.3 Å². The van der Waals surface area contributed by atoms with Crippen LogP contribution in [0.25, 0.3) is 11.0 Å². The number of aromatic nitrogens is 2. The minimum atomic E-state index is -0.968. The summed E-state index contributed by atoms with van der Waals surface area (Å²) in [5, 5.41) is 9.13. The molecule has 6 nitrogen and oxygen atoms in total. The minimum absolute atomic E-state index is 0.0105. The predicted molar refractivity (Wildman–Crippen MR) is 107 cm³/mol. The van der Waals surface area contributed by atoms with Gasteiger partial charge in [0.2, 0.25) is 10.9 Å². The van der Waals surface area contributed by atoms with Gasteiger partial charge in [-0.05, 0) is 42.3 Å². The molecule has 0 bridgehead atoms. The van der Waals surface area contributed by atoms with Crippen LogP contribution >= 0.6 is 11.3 Å². The number of hydrogen-bond donors (Lipinski definition) is 0. The van der Waals surface area contributed by atoms with E-state index < -0.39 is 29.0 Å². The number of rotatable bonds is 3. The van der Waals surface area contributed by atoms with Crippen molar-refractivity contribution in [1.82, 2.24) is 10.2 Å². The number of hydrogen-bond acceptors (Lipinski definition) is 6. The number of aryl methyl sites for hydroxylation is 1. The van der Waals surface area contributed by atoms with E-state index in [1.165, 1.54) is 40.5 Å². The number of carbonyl (C=O) groups is 1. The molecule has 1 aliphatic heterocycles. The van der Waals surface area contributed by atoms with Crippen LogP contribution in [0.2, 0.25) is 0 Å². The third-order valence-electron chi connectivity index (χ3n) is 4.96. The van der Waals surface area contributed by atoms with E-state index in [1.54, 1.807) is 6.07 Å². The first kappa shape index (κ1) is 18.6. The van der Waals surface area contributed by atoms with Crippen molar-refractivity contribution in [3.05, 3.63) is 86.2 Å². The first-order valence-electron chi connectivity index (χ1n) is 9.15. The molecule has 0 aliphatic carbocycles. The van der Waals surface area contributed by atoms with Crippen molar-refractivity contribution in [2.45, 2.75) is 19.4 Å². The van der Waals surface area contributed by atoms with Crippen molar-refractivity contribution < 1.29 is 18.0 Å². The molecule has 3 heterocycles. The summed E-state index contributed by atoms with van der Waals surface area (Å²) in [5.74, 6) is -1.87. The molecule has 5 rings (SSSR count). The molecule has 9 heteroatoms. The molecule has 0 fully saturated rings. The predicted octanol–water partition coefficient (Wildman–Crippen LogP) is 4.23. The van der Waals surface area contributed by atoms with Gasteiger partial charge in [0, 0.05) is 0 Å². The van der Waals surface area contributed by atoms with Crippen LogP contribution in [0.3, 0.4) is 0 Å². The molecule has 1 aliphatic rings. The van der Waals surface area contributed by atoms with Gasteiger partial charge in [0.05, 0.1) is 17.0 Å². The van der Waals surface area contributed by atoms with Gasteiger partial charge in [-0.15, -0.1) is 10.2 Å². The van der Waals surface area contributed by atoms with Gasteiger partial charge in [-0.1, -0.05) is 30.4 Å². The number of benzene rings is 2. The number of anilines is 1. The van der Waals surface area contributed by atoms with Gasteiger partial charge < -0.3 is 4.42 Å². The monoisotopic (exact) mass is 425 g/mol. The van der Waals surface area contributed by atoms with Crippen molar-refractivity contribution in [1.29, 1.82) is 0 Å². The molecular weight excluding hydrogens is 412 g/mol. The second-order valence-electron chi connectivity index (χ2n) is 6.78. The number of halogens is 2. The summed E-state index contributed by atoms with van der Waals surface area (Å²) in [5.41, 5.74) is -0.0497. The Morgan fingerprint density at radius 2 is 1.90 bits per heavy atom. The van der Waals surface area contributed by atoms with Crippen molar-refractivity contribution in [3.63, 3.8) is 0 Å². The summed E-state index contributed by atoms with van der Waals surface area (Å²) < 4.78 is 33.5. The number of amides is 1. The zero-order chi connectivity index (χ0) is 21.0. The van der Waals surface area contributed by atoms with Gasteiger partial charge in [0.25, 0.3) is 5.91 Å². The molecule has 0 N–H and O–H groups in total. The molecule has 2 aromatic carbocycles. The molecule has 2 aromatic heterocycles. The lowest BCUT2D eigenvalue weighted by molar-refractivity contribution is 0.0970. The van der Waals surface area contributed by atoms with Gasteiger partial charge in [-0.3, -0.25) is 14.5 Å². The van der Waals surface area contributed by atoms with Crippen molar-refractivity contribution in [3.8, 4) is 0 Å². The fraction of sp³-hybridized carbons (Fsp3) is 0.143. The largest absolute Gasteiger partial charge is 0.450 e. The summed E-state index contributed by atoms with van der Waals surface area (Å²) in [4.78, 5) is 27.9. The lowest BCUT2D eigenvalue weighted by atomic mass is 9.98. The molecule has 0 radical (unpaired) electrons. The maximum Gasteiger partial charge on any atom is 0.297 e. The smallest absolute Gasteiger partial charge is 0.297 e. The van der Waals surface area contributed by atoms with Gasteiger partial charge in [0.15, 0.2) is 5.43 Å². The third-order valence-corrected chi connectivity index (χ3v) is 6.03. The average Bonchev–Trinajstić information content (AvgIpc) is 3.31. The number of carbonyl (C=O) groups excluding carboxylic acids is 1. The van der Waals surface area contributed by atoms with Crippen molar-refractivity contribution in [2.24, 2.45) is 0 Å². The van der Waals surface area contributed by atoms with Gasteiger partial charge in [-0.2, -0.15) is 0 Å². The van der Waals surface area contributed by atoms with Crippen LogP contribution in [0.4, 0.5) is 13.9 Å². The van der Waals surface area contributed by atoms with Crippen LogP contribution in [0.15, 0.2) is 51.7 Å². The maximum absolute atomic E-state index is 14.0. The third kappa shape index (κ3) is 2.73. The van der Waals surface area contributed by atoms with Crippen LogP contribution in [0.5, 0.6) is 0 Å². The summed E-state index contributed by atoms with van der Waals surface area (Å²) in [7, 11) is 0. The van der Waals surface area contributed by atoms with Gasteiger partial charge in [-0.25, -0.2) is 8.78 Å². The Hall–Kier alpha value is -3.46. The zero-order valence-electron chi connectivity index (χ0n) is 15.6. The van der Waals surface area contributed by atoms with Gasteiger partial charge in [0.1, 0.15) is 22.2 Å². The second-order valence-corrected chi connectivity index (χ2v) is 7.82. The molecule has 0 saturated carbocycles. The molecule has 4 aromatic rings. The molecule has 0 saturated heterocycles. The van der Waals surface area contributed by atoms with Crippen LogP contribution < -0.4 is 10.3 Å². The Morgan fingerprint density at radius 3 is 2.63 bits per heavy atom. The molecule has 150 valence electrons. The Bertz CT molecular complexity index is 1380. The highest BCUT2D eigenvalue weighted by Crippen LogP contribution is 2.42. The molecule has 1 amide bonds. The molecule has 30 heavy (non-hydrogen) atoms. The van der Waals surface area contributed by atoms with Crippen molar-refractivity contribution in [2.75, 3.05) is 4.90 Å². The highest BCUT2D eigenvalue weighted by atomic mass is 32.1. The second kappa shape index (κ2) is 6.81. The first-order valence-corrected chi connectivity index (χ1v) is 9.97. The zero-order valence-corrected chi connectivity index (χ0v) is 16.4. The quantitative estimate of drug-likeness (QED) is 0.491. The van der Waals surface area contributed by atoms with E-state index in [9.17, 15) is 18.4 Å². The first-order chi connectivity index (χ1) is 14.5. The summed E-state index contributed by atoms with van der Waals surface area (Å²) in [6, 6.07) is 8.17.